The SMILES string of the molecule is COC(=O)[C@@H](N)Cc1ccc(Oc2ccc(/C=C3/SC(=O)NC3=O)cc2)cc1. The molecule has 8 heteroatoms. The third-order valence-electron chi connectivity index (χ3n) is 3.94. The molecule has 3 rings (SSSR count). The minimum atomic E-state index is -0.700. The summed E-state index contributed by atoms with van der Waals surface area (Å²) in [4.78, 5) is 34.5. The number of rotatable bonds is 6. The predicted octanol–water partition coefficient (Wildman–Crippen LogP) is 2.85. The van der Waals surface area contributed by atoms with Crippen LogP contribution in [-0.4, -0.2) is 30.3 Å². The highest BCUT2D eigenvalue weighted by molar-refractivity contribution is 8.18. The average Bonchev–Trinajstić information content (AvgIpc) is 3.01. The van der Waals surface area contributed by atoms with Gasteiger partial charge in [-0.2, -0.15) is 0 Å². The second kappa shape index (κ2) is 8.73. The van der Waals surface area contributed by atoms with E-state index in [9.17, 15) is 14.4 Å². The van der Waals surface area contributed by atoms with Gasteiger partial charge in [-0.05, 0) is 59.7 Å². The number of hydrogen-bond donors (Lipinski definition) is 2. The zero-order chi connectivity index (χ0) is 20.1. The summed E-state index contributed by atoms with van der Waals surface area (Å²) in [6, 6.07) is 13.7. The van der Waals surface area contributed by atoms with E-state index in [0.717, 1.165) is 22.9 Å². The van der Waals surface area contributed by atoms with Gasteiger partial charge in [0.25, 0.3) is 11.1 Å². The van der Waals surface area contributed by atoms with Crippen molar-refractivity contribution in [3.05, 3.63) is 64.6 Å². The van der Waals surface area contributed by atoms with Gasteiger partial charge in [0, 0.05) is 0 Å². The first-order chi connectivity index (χ1) is 13.4. The van der Waals surface area contributed by atoms with Crippen LogP contribution in [0.25, 0.3) is 6.08 Å². The molecule has 1 aliphatic rings. The number of thioether (sulfide) groups is 1. The molecule has 1 heterocycles. The van der Waals surface area contributed by atoms with Crippen LogP contribution in [0, 0.1) is 0 Å². The van der Waals surface area contributed by atoms with Gasteiger partial charge in [-0.3, -0.25) is 19.7 Å². The molecule has 0 radical (unpaired) electrons. The first kappa shape index (κ1) is 19.7. The van der Waals surface area contributed by atoms with Crippen LogP contribution in [0.15, 0.2) is 53.4 Å². The maximum atomic E-state index is 11.6. The number of carbonyl (C=O) groups excluding carboxylic acids is 3. The van der Waals surface area contributed by atoms with Crippen molar-refractivity contribution in [3.8, 4) is 11.5 Å². The molecule has 0 saturated carbocycles. The highest BCUT2D eigenvalue weighted by Gasteiger charge is 2.24. The molecule has 2 aromatic carbocycles. The number of ether oxygens (including phenoxy) is 2. The first-order valence-corrected chi connectivity index (χ1v) is 9.21. The fraction of sp³-hybridized carbons (Fsp3) is 0.150. The number of nitrogens with one attached hydrogen (secondary N) is 1. The summed E-state index contributed by atoms with van der Waals surface area (Å²) in [6.07, 6.45) is 2.03. The molecule has 1 fully saturated rings. The highest BCUT2D eigenvalue weighted by Crippen LogP contribution is 2.27. The van der Waals surface area contributed by atoms with Crippen LogP contribution in [0.5, 0.6) is 11.5 Å². The van der Waals surface area contributed by atoms with Crippen molar-refractivity contribution < 1.29 is 23.9 Å². The molecule has 28 heavy (non-hydrogen) atoms. The van der Waals surface area contributed by atoms with Crippen LogP contribution >= 0.6 is 11.8 Å². The van der Waals surface area contributed by atoms with Gasteiger partial charge in [0.2, 0.25) is 0 Å². The van der Waals surface area contributed by atoms with Gasteiger partial charge < -0.3 is 15.2 Å². The molecular weight excluding hydrogens is 380 g/mol. The Morgan fingerprint density at radius 1 is 1.11 bits per heavy atom. The number of amides is 2. The summed E-state index contributed by atoms with van der Waals surface area (Å²) < 4.78 is 10.4. The van der Waals surface area contributed by atoms with Gasteiger partial charge in [-0.15, -0.1) is 0 Å². The Kier molecular flexibility index (Phi) is 6.13. The van der Waals surface area contributed by atoms with Gasteiger partial charge in [0.1, 0.15) is 17.5 Å². The van der Waals surface area contributed by atoms with Crippen molar-refractivity contribution in [1.82, 2.24) is 5.32 Å². The fourth-order valence-electron chi connectivity index (χ4n) is 2.52. The number of nitrogens with two attached hydrogens (primary N) is 1. The monoisotopic (exact) mass is 398 g/mol. The van der Waals surface area contributed by atoms with E-state index in [-0.39, 0.29) is 11.1 Å². The molecule has 1 aliphatic heterocycles. The van der Waals surface area contributed by atoms with Gasteiger partial charge in [0.05, 0.1) is 12.0 Å². The lowest BCUT2D eigenvalue weighted by molar-refractivity contribution is -0.142. The lowest BCUT2D eigenvalue weighted by atomic mass is 10.1. The van der Waals surface area contributed by atoms with E-state index in [4.69, 9.17) is 10.5 Å². The largest absolute Gasteiger partial charge is 0.468 e. The Labute approximate surface area is 165 Å². The molecule has 0 unspecified atom stereocenters. The van der Waals surface area contributed by atoms with Gasteiger partial charge in [-0.25, -0.2) is 0 Å². The van der Waals surface area contributed by atoms with E-state index in [1.165, 1.54) is 7.11 Å². The topological polar surface area (TPSA) is 108 Å². The standard InChI is InChI=1S/C20H18N2O5S/c1-26-19(24)16(21)10-12-2-6-14(7-3-12)27-15-8-4-13(5-9-15)11-17-18(23)22-20(25)28-17/h2-9,11,16H,10,21H2,1H3,(H,22,23,25)/b17-11+/t16-/m0/s1. The Bertz CT molecular complexity index is 923. The molecule has 0 aliphatic carbocycles. The van der Waals surface area contributed by atoms with E-state index >= 15 is 0 Å². The summed E-state index contributed by atoms with van der Waals surface area (Å²) in [7, 11) is 1.31. The van der Waals surface area contributed by atoms with Crippen LogP contribution in [0.4, 0.5) is 4.79 Å². The Balaban J connectivity index is 1.61. The molecule has 0 aromatic heterocycles. The zero-order valence-electron chi connectivity index (χ0n) is 15.0. The van der Waals surface area contributed by atoms with E-state index in [1.54, 1.807) is 42.5 Å². The van der Waals surface area contributed by atoms with Gasteiger partial charge in [-0.1, -0.05) is 24.3 Å². The number of carbonyl (C=O) groups is 3. The molecule has 0 spiro atoms. The van der Waals surface area contributed by atoms with Crippen molar-refractivity contribution in [2.45, 2.75) is 12.5 Å². The zero-order valence-corrected chi connectivity index (χ0v) is 15.8. The van der Waals surface area contributed by atoms with E-state index in [2.05, 4.69) is 10.1 Å². The third-order valence-corrected chi connectivity index (χ3v) is 4.75. The molecular formula is C20H18N2O5S. The van der Waals surface area contributed by atoms with Crippen LogP contribution in [-0.2, 0) is 20.7 Å². The summed E-state index contributed by atoms with van der Waals surface area (Å²) in [5.41, 5.74) is 7.44. The maximum absolute atomic E-state index is 11.6. The lowest BCUT2D eigenvalue weighted by Gasteiger charge is -2.10. The third kappa shape index (κ3) is 4.99. The van der Waals surface area contributed by atoms with E-state index < -0.39 is 12.0 Å². The number of esters is 1. The molecule has 144 valence electrons. The molecule has 0 bridgehead atoms. The lowest BCUT2D eigenvalue weighted by Crippen LogP contribution is -2.33. The molecule has 2 aromatic rings. The Hall–Kier alpha value is -3.10. The van der Waals surface area contributed by atoms with Crippen molar-refractivity contribution >= 4 is 35.0 Å². The van der Waals surface area contributed by atoms with Gasteiger partial charge in [0.15, 0.2) is 0 Å². The maximum Gasteiger partial charge on any atom is 0.322 e. The number of hydrogen-bond acceptors (Lipinski definition) is 7. The first-order valence-electron chi connectivity index (χ1n) is 8.40. The second-order valence-corrected chi connectivity index (χ2v) is 7.02. The quantitative estimate of drug-likeness (QED) is 0.569. The predicted molar refractivity (Wildman–Crippen MR) is 106 cm³/mol. The number of imide groups is 1. The van der Waals surface area contributed by atoms with Crippen molar-refractivity contribution in [2.24, 2.45) is 5.73 Å². The Morgan fingerprint density at radius 2 is 1.71 bits per heavy atom. The van der Waals surface area contributed by atoms with Crippen molar-refractivity contribution in [3.63, 3.8) is 0 Å². The van der Waals surface area contributed by atoms with Crippen LogP contribution in [0.1, 0.15) is 11.1 Å². The number of methoxy groups -OCH3 is 1. The van der Waals surface area contributed by atoms with Crippen molar-refractivity contribution in [1.29, 1.82) is 0 Å². The summed E-state index contributed by atoms with van der Waals surface area (Å²) in [5.74, 6) is 0.425. The van der Waals surface area contributed by atoms with Crippen LogP contribution in [0.2, 0.25) is 0 Å². The fourth-order valence-corrected chi connectivity index (χ4v) is 3.21. The van der Waals surface area contributed by atoms with Crippen LogP contribution < -0.4 is 15.8 Å². The summed E-state index contributed by atoms with van der Waals surface area (Å²) in [5, 5.41) is 1.85. The molecule has 3 N–H and O–H groups in total. The second-order valence-electron chi connectivity index (χ2n) is 6.00. The summed E-state index contributed by atoms with van der Waals surface area (Å²) in [6.45, 7) is 0. The Morgan fingerprint density at radius 3 is 2.25 bits per heavy atom. The minimum Gasteiger partial charge on any atom is -0.468 e. The average molecular weight is 398 g/mol. The van der Waals surface area contributed by atoms with E-state index in [0.29, 0.717) is 22.8 Å². The van der Waals surface area contributed by atoms with E-state index in [1.807, 2.05) is 12.1 Å². The van der Waals surface area contributed by atoms with Crippen LogP contribution in [0.3, 0.4) is 0 Å². The summed E-state index contributed by atoms with van der Waals surface area (Å²) >= 11 is 0.876. The molecule has 7 nitrogen and oxygen atoms in total. The molecule has 2 amide bonds. The van der Waals surface area contributed by atoms with Gasteiger partial charge >= 0.3 is 5.97 Å². The van der Waals surface area contributed by atoms with Crippen molar-refractivity contribution in [2.75, 3.05) is 7.11 Å². The highest BCUT2D eigenvalue weighted by atomic mass is 32.2. The smallest absolute Gasteiger partial charge is 0.322 e. The molecule has 1 saturated heterocycles. The minimum absolute atomic E-state index is 0.361. The number of benzene rings is 2. The normalized spacial score (nSPS) is 16.0. The molecule has 1 atom stereocenters.